The predicted octanol–water partition coefficient (Wildman–Crippen LogP) is 0.158. The number of esters is 1. The van der Waals surface area contributed by atoms with E-state index in [-0.39, 0.29) is 50.2 Å². The van der Waals surface area contributed by atoms with E-state index in [2.05, 4.69) is 31.9 Å². The van der Waals surface area contributed by atoms with Crippen LogP contribution in [0, 0.1) is 23.7 Å². The number of aromatic hydroxyl groups is 1. The van der Waals surface area contributed by atoms with Crippen LogP contribution in [-0.4, -0.2) is 123 Å². The minimum atomic E-state index is -1.74. The summed E-state index contributed by atoms with van der Waals surface area (Å²) < 4.78 is 5.87. The smallest absolute Gasteiger partial charge is 0.329 e. The van der Waals surface area contributed by atoms with E-state index in [1.807, 2.05) is 0 Å². The first-order chi connectivity index (χ1) is 30.5. The zero-order chi connectivity index (χ0) is 48.9. The highest BCUT2D eigenvalue weighted by atomic mass is 16.5. The minimum absolute atomic E-state index is 0.0250. The number of phenols is 1. The van der Waals surface area contributed by atoms with Gasteiger partial charge in [-0.1, -0.05) is 80.4 Å². The number of aliphatic hydroxyl groups excluding tert-OH is 1. The van der Waals surface area contributed by atoms with Crippen LogP contribution in [0.25, 0.3) is 0 Å². The van der Waals surface area contributed by atoms with Crippen molar-refractivity contribution in [2.75, 3.05) is 0 Å². The van der Waals surface area contributed by atoms with Gasteiger partial charge in [0.25, 0.3) is 0 Å². The first-order valence-corrected chi connectivity index (χ1v) is 22.6. The average molecular weight is 915 g/mol. The van der Waals surface area contributed by atoms with Crippen molar-refractivity contribution in [3.63, 3.8) is 0 Å². The quantitative estimate of drug-likeness (QED) is 0.106. The number of primary amides is 1. The van der Waals surface area contributed by atoms with Gasteiger partial charge in [0.05, 0.1) is 0 Å². The predicted molar refractivity (Wildman–Crippen MR) is 236 cm³/mol. The first kappa shape index (κ1) is 53.5. The molecule has 3 rings (SSSR count). The Balaban J connectivity index is 2.23. The number of aliphatic hydroxyl groups is 1. The third-order valence-electron chi connectivity index (χ3n) is 12.0. The van der Waals surface area contributed by atoms with Crippen LogP contribution >= 0.6 is 0 Å². The lowest BCUT2D eigenvalue weighted by Gasteiger charge is -2.43. The number of nitrogens with zero attached hydrogens (tertiary/aromatic N) is 1. The highest BCUT2D eigenvalue weighted by Crippen LogP contribution is 2.26. The van der Waals surface area contributed by atoms with E-state index in [1.165, 1.54) is 19.1 Å². The van der Waals surface area contributed by atoms with Crippen LogP contribution in [0.4, 0.5) is 0 Å². The number of carbonyl (C=O) groups is 9. The Kier molecular flexibility index (Phi) is 20.2. The Morgan fingerprint density at radius 1 is 0.815 bits per heavy atom. The molecule has 10 N–H and O–H groups in total. The van der Waals surface area contributed by atoms with Gasteiger partial charge in [0.2, 0.25) is 47.3 Å². The molecule has 0 saturated carbocycles. The van der Waals surface area contributed by atoms with Crippen molar-refractivity contribution in [3.8, 4) is 5.75 Å². The number of benzene rings is 1. The topological polar surface area (TPSA) is 305 Å². The van der Waals surface area contributed by atoms with E-state index in [9.17, 15) is 53.4 Å². The molecule has 0 aromatic heterocycles. The molecule has 2 bridgehead atoms. The fourth-order valence-corrected chi connectivity index (χ4v) is 7.61. The maximum absolute atomic E-state index is 14.5. The van der Waals surface area contributed by atoms with E-state index in [0.717, 1.165) is 4.90 Å². The molecule has 362 valence electrons. The second-order valence-electron chi connectivity index (χ2n) is 18.0. The van der Waals surface area contributed by atoms with Crippen molar-refractivity contribution in [2.45, 2.75) is 168 Å². The number of rotatable bonds is 15. The van der Waals surface area contributed by atoms with E-state index < -0.39 is 126 Å². The van der Waals surface area contributed by atoms with Crippen LogP contribution in [0.1, 0.15) is 113 Å². The lowest BCUT2D eigenvalue weighted by atomic mass is 9.91. The van der Waals surface area contributed by atoms with Gasteiger partial charge in [0.1, 0.15) is 60.4 Å². The van der Waals surface area contributed by atoms with Gasteiger partial charge in [-0.25, -0.2) is 4.79 Å². The molecule has 11 atom stereocenters. The largest absolute Gasteiger partial charge is 0.508 e. The van der Waals surface area contributed by atoms with E-state index >= 15 is 0 Å². The standard InChI is InChI=1S/C45H70N8O12/c1-10-24(7)35-45(64)65-26(9)36(52-39(58)29(16-18-33(46)55)47-38(57)23(5)6)42(61)49-31(20-22(3)4)40(59)48-30-17-19-34(56)53(44(30)63)37(25(8)11-2)43(62)50-32(41(60)51-35)21-27-12-14-28(54)15-13-27/h12-15,22-26,29-32,34-37,54,56H,10-11,16-21H2,1-9H3,(H2,46,55)(H,47,57)(H,48,59)(H,49,61)(H,50,62)(H,51,60)(H,52,58)/t24-,25-,26+,29-,30?,31-,32-,34+,35-,36-,37-/m0/s1. The molecule has 2 aliphatic rings. The molecule has 8 amide bonds. The number of phenolic OH excluding ortho intramolecular Hbond substituents is 1. The third-order valence-corrected chi connectivity index (χ3v) is 12.0. The van der Waals surface area contributed by atoms with Gasteiger partial charge in [0.15, 0.2) is 0 Å². The van der Waals surface area contributed by atoms with Gasteiger partial charge < -0.3 is 57.5 Å². The summed E-state index contributed by atoms with van der Waals surface area (Å²) in [5, 5.41) is 37.2. The van der Waals surface area contributed by atoms with Crippen LogP contribution in [0.3, 0.4) is 0 Å². The third kappa shape index (κ3) is 15.1. The van der Waals surface area contributed by atoms with Crippen LogP contribution in [0.15, 0.2) is 24.3 Å². The molecule has 65 heavy (non-hydrogen) atoms. The molecule has 2 heterocycles. The number of hydrogen-bond donors (Lipinski definition) is 9. The second kappa shape index (κ2) is 24.5. The second-order valence-corrected chi connectivity index (χ2v) is 18.0. The molecule has 1 aromatic rings. The van der Waals surface area contributed by atoms with Crippen molar-refractivity contribution >= 4 is 53.2 Å². The van der Waals surface area contributed by atoms with Crippen molar-refractivity contribution < 1.29 is 58.1 Å². The van der Waals surface area contributed by atoms with Crippen molar-refractivity contribution in [1.29, 1.82) is 0 Å². The number of piperidine rings is 1. The Morgan fingerprint density at radius 2 is 1.42 bits per heavy atom. The summed E-state index contributed by atoms with van der Waals surface area (Å²) in [5.41, 5.74) is 5.87. The highest BCUT2D eigenvalue weighted by molar-refractivity contribution is 5.98. The molecule has 1 aromatic carbocycles. The number of fused-ring (bicyclic) bond motifs is 2. The van der Waals surface area contributed by atoms with Gasteiger partial charge in [-0.15, -0.1) is 0 Å². The van der Waals surface area contributed by atoms with E-state index in [0.29, 0.717) is 18.4 Å². The fourth-order valence-electron chi connectivity index (χ4n) is 7.61. The molecule has 2 fully saturated rings. The van der Waals surface area contributed by atoms with Crippen molar-refractivity contribution in [1.82, 2.24) is 36.8 Å². The lowest BCUT2D eigenvalue weighted by molar-refractivity contribution is -0.164. The summed E-state index contributed by atoms with van der Waals surface area (Å²) in [6.45, 7) is 15.0. The van der Waals surface area contributed by atoms with Gasteiger partial charge in [-0.05, 0) is 68.1 Å². The molecule has 20 heteroatoms. The number of ether oxygens (including phenoxy) is 1. The molecule has 2 aliphatic heterocycles. The zero-order valence-electron chi connectivity index (χ0n) is 39.0. The summed E-state index contributed by atoms with van der Waals surface area (Å²) in [6.07, 6.45) is -2.99. The molecule has 0 aliphatic carbocycles. The van der Waals surface area contributed by atoms with Crippen LogP contribution < -0.4 is 37.6 Å². The van der Waals surface area contributed by atoms with E-state index in [1.54, 1.807) is 67.5 Å². The first-order valence-electron chi connectivity index (χ1n) is 22.6. The number of hydrogen-bond acceptors (Lipinski definition) is 12. The molecular formula is C45H70N8O12. The molecule has 1 unspecified atom stereocenters. The molecular weight excluding hydrogens is 845 g/mol. The highest BCUT2D eigenvalue weighted by Gasteiger charge is 2.46. The molecule has 0 radical (unpaired) electrons. The summed E-state index contributed by atoms with van der Waals surface area (Å²) in [6, 6.07) is -3.92. The van der Waals surface area contributed by atoms with E-state index in [4.69, 9.17) is 10.5 Å². The number of cyclic esters (lactones) is 1. The number of nitrogens with two attached hydrogens (primary N) is 1. The molecule has 20 nitrogen and oxygen atoms in total. The molecule has 0 spiro atoms. The maximum Gasteiger partial charge on any atom is 0.329 e. The fraction of sp³-hybridized carbons (Fsp3) is 0.667. The van der Waals surface area contributed by atoms with Crippen molar-refractivity contribution in [2.24, 2.45) is 29.4 Å². The van der Waals surface area contributed by atoms with Gasteiger partial charge in [-0.2, -0.15) is 0 Å². The van der Waals surface area contributed by atoms with Crippen LogP contribution in [0.5, 0.6) is 5.75 Å². The number of carbonyl (C=O) groups excluding carboxylic acids is 9. The van der Waals surface area contributed by atoms with Crippen LogP contribution in [0.2, 0.25) is 0 Å². The van der Waals surface area contributed by atoms with Gasteiger partial charge >= 0.3 is 5.97 Å². The monoisotopic (exact) mass is 915 g/mol. The SMILES string of the molecule is CC[C@H](C)[C@@H]1NC(=O)[C@H](Cc2ccc(O)cc2)NC(=O)[C@H]([C@@H](C)CC)N2C(=O)C(CC[C@H]2O)NC(=O)[C@H](CC(C)C)NC(=O)[C@@H](NC(=O)[C@H](CCC(N)=O)NC(=O)C(C)C)[C@@H](C)OC1=O. The lowest BCUT2D eigenvalue weighted by Crippen LogP contribution is -2.66. The number of nitrogens with one attached hydrogen (secondary N) is 6. The zero-order valence-corrected chi connectivity index (χ0v) is 39.0. The molecule has 2 saturated heterocycles. The minimum Gasteiger partial charge on any atom is -0.508 e. The Bertz CT molecular complexity index is 1880. The summed E-state index contributed by atoms with van der Waals surface area (Å²) in [4.78, 5) is 126. The van der Waals surface area contributed by atoms with Gasteiger partial charge in [-0.3, -0.25) is 38.4 Å². The summed E-state index contributed by atoms with van der Waals surface area (Å²) in [5.74, 6) is -9.43. The Morgan fingerprint density at radius 3 is 1.98 bits per heavy atom. The van der Waals surface area contributed by atoms with Gasteiger partial charge in [0, 0.05) is 18.8 Å². The maximum atomic E-state index is 14.5. The van der Waals surface area contributed by atoms with Crippen LogP contribution in [-0.2, 0) is 54.3 Å². The normalized spacial score (nSPS) is 26.5. The number of amides is 8. The Labute approximate surface area is 380 Å². The average Bonchev–Trinajstić information content (AvgIpc) is 3.24. The summed E-state index contributed by atoms with van der Waals surface area (Å²) >= 11 is 0. The van der Waals surface area contributed by atoms with Crippen molar-refractivity contribution in [3.05, 3.63) is 29.8 Å². The Hall–Kier alpha value is -5.79. The summed E-state index contributed by atoms with van der Waals surface area (Å²) in [7, 11) is 0.